The molecule has 0 spiro atoms. The largest absolute Gasteiger partial charge is 0.330 e. The maximum Gasteiger partial charge on any atom is 0.0205 e. The van der Waals surface area contributed by atoms with Crippen molar-refractivity contribution in [2.45, 2.75) is 25.4 Å². The Morgan fingerprint density at radius 3 is 2.70 bits per heavy atom. The minimum Gasteiger partial charge on any atom is -0.330 e. The Kier molecular flexibility index (Phi) is 8.59. The van der Waals surface area contributed by atoms with Crippen molar-refractivity contribution < 1.29 is 0 Å². The van der Waals surface area contributed by atoms with E-state index >= 15 is 0 Å². The molecule has 0 aliphatic rings. The summed E-state index contributed by atoms with van der Waals surface area (Å²) in [5.41, 5.74) is 5.49. The summed E-state index contributed by atoms with van der Waals surface area (Å²) in [6.07, 6.45) is 1.34. The van der Waals surface area contributed by atoms with Crippen LogP contribution in [0.5, 0.6) is 0 Å². The summed E-state index contributed by atoms with van der Waals surface area (Å²) in [5.74, 6) is 0. The Morgan fingerprint density at radius 1 is 1.60 bits per heavy atom. The molecule has 0 rings (SSSR count). The van der Waals surface area contributed by atoms with Crippen LogP contribution in [-0.2, 0) is 0 Å². The number of rotatable bonds is 6. The predicted octanol–water partition coefficient (Wildman–Crippen LogP) is -2.39. The zero-order valence-corrected chi connectivity index (χ0v) is 13.4. The van der Waals surface area contributed by atoms with Crippen LogP contribution in [0, 0.1) is 0 Å². The first-order valence-electron chi connectivity index (χ1n) is 4.55. The molecule has 0 saturated heterocycles. The quantitative estimate of drug-likeness (QED) is 0.484. The molecule has 0 bridgehead atoms. The molecule has 5 heteroatoms. The first-order valence-corrected chi connectivity index (χ1v) is 19.1. The fraction of sp³-hybridized carbons (Fsp3) is 1.00. The van der Waals surface area contributed by atoms with E-state index in [4.69, 9.17) is 5.73 Å². The highest BCUT2D eigenvalue weighted by molar-refractivity contribution is 7.45. The van der Waals surface area contributed by atoms with Gasteiger partial charge in [-0.15, -0.1) is 0 Å². The van der Waals surface area contributed by atoms with Crippen LogP contribution in [0.25, 0.3) is 0 Å². The van der Waals surface area contributed by atoms with Crippen molar-refractivity contribution in [3.63, 3.8) is 0 Å². The van der Waals surface area contributed by atoms with Gasteiger partial charge in [0.05, 0.1) is 0 Å². The van der Waals surface area contributed by atoms with Crippen LogP contribution in [0.4, 0.5) is 0 Å². The first-order chi connectivity index (χ1) is 4.85. The van der Waals surface area contributed by atoms with Gasteiger partial charge in [-0.3, -0.25) is 0 Å². The van der Waals surface area contributed by atoms with Gasteiger partial charge < -0.3 is 5.73 Å². The molecule has 0 heterocycles. The van der Waals surface area contributed by atoms with Crippen LogP contribution in [-0.4, -0.2) is 41.7 Å². The Labute approximate surface area is 73.2 Å². The minimum atomic E-state index is -0.0753. The summed E-state index contributed by atoms with van der Waals surface area (Å²) < 4.78 is 0. The number of hydrogen-bond donors (Lipinski definition) is 1. The van der Waals surface area contributed by atoms with Crippen LogP contribution in [0.15, 0.2) is 0 Å². The predicted molar refractivity (Wildman–Crippen MR) is 63.1 cm³/mol. The normalized spacial score (nSPS) is 16.2. The molecule has 0 fully saturated rings. The highest BCUT2D eigenvalue weighted by atomic mass is 29.7. The van der Waals surface area contributed by atoms with Crippen molar-refractivity contribution in [1.82, 2.24) is 0 Å². The van der Waals surface area contributed by atoms with E-state index < -0.39 is 0 Å². The average Bonchev–Trinajstić information content (AvgIpc) is 1.98. The maximum absolute atomic E-state index is 5.49. The molecule has 0 amide bonds. The van der Waals surface area contributed by atoms with Crippen LogP contribution in [0.3, 0.4) is 0 Å². The molecular weight excluding hydrogens is 186 g/mol. The van der Waals surface area contributed by atoms with E-state index in [0.29, 0.717) is 17.1 Å². The lowest BCUT2D eigenvalue weighted by molar-refractivity contribution is 0.921. The zero-order valence-electron chi connectivity index (χ0n) is 7.40. The maximum atomic E-state index is 5.49. The molecule has 1 atom stereocenters. The Balaban J connectivity index is 3.21. The van der Waals surface area contributed by atoms with Gasteiger partial charge in [-0.05, 0) is 39.8 Å². The van der Waals surface area contributed by atoms with E-state index in [0.717, 1.165) is 6.54 Å². The van der Waals surface area contributed by atoms with Gasteiger partial charge in [0, 0.05) is 8.31 Å². The molecule has 2 N–H and O–H groups in total. The summed E-state index contributed by atoms with van der Waals surface area (Å²) in [4.78, 5) is 0. The van der Waals surface area contributed by atoms with Gasteiger partial charge in [-0.2, -0.15) is 0 Å². The minimum absolute atomic E-state index is 0.0753. The van der Waals surface area contributed by atoms with Crippen molar-refractivity contribution in [2.24, 2.45) is 5.73 Å². The van der Waals surface area contributed by atoms with Crippen molar-refractivity contribution in [3.8, 4) is 0 Å². The average molecular weight is 208 g/mol. The monoisotopic (exact) mass is 207 g/mol. The molecule has 0 radical (unpaired) electrons. The second kappa shape index (κ2) is 7.93. The van der Waals surface area contributed by atoms with E-state index in [1.54, 1.807) is 21.8 Å². The fourth-order valence-electron chi connectivity index (χ4n) is 1.37. The van der Waals surface area contributed by atoms with E-state index in [1.165, 1.54) is 6.42 Å². The van der Waals surface area contributed by atoms with E-state index in [-0.39, 0.29) is 8.31 Å². The smallest absolute Gasteiger partial charge is 0.0205 e. The molecule has 1 nitrogen and oxygen atoms in total. The highest BCUT2D eigenvalue weighted by Crippen LogP contribution is 1.99. The fourth-order valence-corrected chi connectivity index (χ4v) is 45.2. The molecule has 0 saturated carbocycles. The molecule has 10 heavy (non-hydrogen) atoms. The van der Waals surface area contributed by atoms with Crippen molar-refractivity contribution in [3.05, 3.63) is 0 Å². The third-order valence-electron chi connectivity index (χ3n) is 2.09. The molecule has 1 unspecified atom stereocenters. The summed E-state index contributed by atoms with van der Waals surface area (Å²) in [6, 6.07) is 3.18. The van der Waals surface area contributed by atoms with Gasteiger partial charge in [0.15, 0.2) is 0 Å². The Bertz CT molecular complexity index is 70.7. The van der Waals surface area contributed by atoms with Crippen LogP contribution < -0.4 is 5.73 Å². The number of nitrogens with two attached hydrogens (primary N) is 1. The van der Waals surface area contributed by atoms with Crippen molar-refractivity contribution in [1.29, 1.82) is 0 Å². The lowest BCUT2D eigenvalue weighted by Crippen LogP contribution is -2.27. The van der Waals surface area contributed by atoms with Gasteiger partial charge in [-0.1, -0.05) is 19.0 Å². The van der Waals surface area contributed by atoms with Crippen molar-refractivity contribution in [2.75, 3.05) is 6.54 Å². The van der Waals surface area contributed by atoms with Gasteiger partial charge in [0.25, 0.3) is 0 Å². The van der Waals surface area contributed by atoms with Crippen molar-refractivity contribution >= 4 is 35.2 Å². The van der Waals surface area contributed by atoms with Gasteiger partial charge in [0.2, 0.25) is 0 Å². The van der Waals surface area contributed by atoms with E-state index in [2.05, 4.69) is 6.92 Å². The van der Waals surface area contributed by atoms with Crippen LogP contribution in [0.2, 0.25) is 12.1 Å². The summed E-state index contributed by atoms with van der Waals surface area (Å²) in [5, 5.41) is 0. The van der Waals surface area contributed by atoms with E-state index in [1.807, 2.05) is 0 Å². The standard InChI is InChI=1S/C5H21NSi4/c1-2-10(9-8-7)5-3-4-6/h10H,2-6,8-9H2,1,7H3. The molecule has 0 aliphatic heterocycles. The highest BCUT2D eigenvalue weighted by Gasteiger charge is 2.05. The molecule has 0 aliphatic carbocycles. The Hall–Kier alpha value is 0.828. The Morgan fingerprint density at radius 2 is 2.30 bits per heavy atom. The van der Waals surface area contributed by atoms with Gasteiger partial charge in [0.1, 0.15) is 0 Å². The second-order valence-corrected chi connectivity index (χ2v) is 30.1. The molecule has 0 aromatic heterocycles. The third-order valence-corrected chi connectivity index (χ3v) is 41.1. The third kappa shape index (κ3) is 5.60. The molecular formula is C5H21NSi4. The SMILES string of the molecule is CC[SiH](CCCN)[SiH2][SiH2][SiH3]. The topological polar surface area (TPSA) is 26.0 Å². The summed E-state index contributed by atoms with van der Waals surface area (Å²) in [6.45, 7) is 3.35. The molecule has 0 aromatic rings. The van der Waals surface area contributed by atoms with Crippen LogP contribution in [0.1, 0.15) is 13.3 Å². The molecule has 62 valence electrons. The van der Waals surface area contributed by atoms with Gasteiger partial charge in [-0.25, -0.2) is 0 Å². The first kappa shape index (κ1) is 10.8. The van der Waals surface area contributed by atoms with Gasteiger partial charge >= 0.3 is 0 Å². The summed E-state index contributed by atoms with van der Waals surface area (Å²) >= 11 is 0. The summed E-state index contributed by atoms with van der Waals surface area (Å²) in [7, 11) is 2.75. The lowest BCUT2D eigenvalue weighted by atomic mass is 10.5. The van der Waals surface area contributed by atoms with E-state index in [9.17, 15) is 0 Å². The second-order valence-electron chi connectivity index (χ2n) is 2.99. The van der Waals surface area contributed by atoms with Crippen LogP contribution >= 0.6 is 0 Å². The zero-order chi connectivity index (χ0) is 7.82. The lowest BCUT2D eigenvalue weighted by Gasteiger charge is -2.09. The number of hydrogen-bond acceptors (Lipinski definition) is 1. The molecule has 0 aromatic carbocycles.